The number of benzene rings is 1. The number of methoxy groups -OCH3 is 1. The number of aromatic nitrogens is 1. The van der Waals surface area contributed by atoms with Crippen molar-refractivity contribution in [3.63, 3.8) is 0 Å². The van der Waals surface area contributed by atoms with E-state index >= 15 is 0 Å². The predicted octanol–water partition coefficient (Wildman–Crippen LogP) is 5.11. The largest absolute Gasteiger partial charge is 0.507 e. The molecule has 1 aliphatic heterocycles. The summed E-state index contributed by atoms with van der Waals surface area (Å²) in [5.74, 6) is -2.94. The van der Waals surface area contributed by atoms with E-state index in [-0.39, 0.29) is 65.5 Å². The topological polar surface area (TPSA) is 164 Å². The van der Waals surface area contributed by atoms with Gasteiger partial charge < -0.3 is 34.3 Å². The molecule has 2 heterocycles. The van der Waals surface area contributed by atoms with Gasteiger partial charge in [-0.2, -0.15) is 0 Å². The molecule has 51 heavy (non-hydrogen) atoms. The summed E-state index contributed by atoms with van der Waals surface area (Å²) in [6.45, 7) is 5.43. The summed E-state index contributed by atoms with van der Waals surface area (Å²) < 4.78 is 23.7. The van der Waals surface area contributed by atoms with Crippen LogP contribution in [0, 0.1) is 11.8 Å². The highest BCUT2D eigenvalue weighted by Crippen LogP contribution is 2.57. The molecule has 1 unspecified atom stereocenters. The van der Waals surface area contributed by atoms with Crippen LogP contribution < -0.4 is 19.5 Å². The normalized spacial score (nSPS) is 26.2. The van der Waals surface area contributed by atoms with E-state index in [0.717, 1.165) is 38.6 Å². The third kappa shape index (κ3) is 6.31. The summed E-state index contributed by atoms with van der Waals surface area (Å²) in [6.07, 6.45) is 7.30. The van der Waals surface area contributed by atoms with Crippen molar-refractivity contribution in [1.29, 1.82) is 0 Å². The number of fused-ring (bicyclic) bond motifs is 4. The molecule has 13 nitrogen and oxygen atoms in total. The predicted molar refractivity (Wildman–Crippen MR) is 189 cm³/mol. The molecule has 3 aliphatic carbocycles. The molecule has 0 bridgehead atoms. The number of likely N-dealkylation sites (tertiary alicyclic amines) is 1. The minimum Gasteiger partial charge on any atom is -0.507 e. The average Bonchev–Trinajstić information content (AvgIpc) is 3.38. The maximum atomic E-state index is 14.7. The van der Waals surface area contributed by atoms with Crippen LogP contribution in [0.25, 0.3) is 5.76 Å². The summed E-state index contributed by atoms with van der Waals surface area (Å²) in [6, 6.07) is 0.699. The number of aliphatic hydroxyl groups is 2. The molecule has 278 valence electrons. The fraction of sp³-hybridized carbons (Fsp3) is 0.632. The molecule has 4 aliphatic rings. The van der Waals surface area contributed by atoms with Crippen LogP contribution in [-0.2, 0) is 16.0 Å². The summed E-state index contributed by atoms with van der Waals surface area (Å²) >= 11 is 0. The van der Waals surface area contributed by atoms with Crippen LogP contribution in [0.4, 0.5) is 5.69 Å². The second kappa shape index (κ2) is 15.0. The van der Waals surface area contributed by atoms with Gasteiger partial charge in [-0.3, -0.25) is 24.2 Å². The monoisotopic (exact) mass is 708 g/mol. The number of ether oxygens (including phenoxy) is 3. The van der Waals surface area contributed by atoms with E-state index in [2.05, 4.69) is 15.4 Å². The van der Waals surface area contributed by atoms with E-state index in [0.29, 0.717) is 42.9 Å². The van der Waals surface area contributed by atoms with Crippen LogP contribution in [0.5, 0.6) is 17.4 Å². The number of anilines is 1. The molecule has 1 aromatic heterocycles. The quantitative estimate of drug-likeness (QED) is 0.197. The van der Waals surface area contributed by atoms with Crippen molar-refractivity contribution in [2.24, 2.45) is 11.8 Å². The van der Waals surface area contributed by atoms with Gasteiger partial charge in [0.05, 0.1) is 43.7 Å². The maximum Gasteiger partial charge on any atom is 0.265 e. The Labute approximate surface area is 299 Å². The van der Waals surface area contributed by atoms with Crippen LogP contribution in [0.3, 0.4) is 0 Å². The van der Waals surface area contributed by atoms with Gasteiger partial charge in [-0.05, 0) is 77.3 Å². The number of nitrogens with zero attached hydrogens (tertiary/aromatic N) is 3. The smallest absolute Gasteiger partial charge is 0.265 e. The summed E-state index contributed by atoms with van der Waals surface area (Å²) in [7, 11) is 7.05. The first-order valence-electron chi connectivity index (χ1n) is 18.4. The third-order valence-electron chi connectivity index (χ3n) is 11.1. The molecule has 6 rings (SSSR count). The number of hydrogen-bond acceptors (Lipinski definition) is 12. The van der Waals surface area contributed by atoms with Gasteiger partial charge in [-0.25, -0.2) is 0 Å². The first-order valence-corrected chi connectivity index (χ1v) is 18.4. The van der Waals surface area contributed by atoms with Crippen LogP contribution in [0.2, 0.25) is 0 Å². The number of hydrogen-bond donors (Lipinski definition) is 3. The second-order valence-electron chi connectivity index (χ2n) is 14.6. The van der Waals surface area contributed by atoms with Gasteiger partial charge in [0.2, 0.25) is 17.5 Å². The minimum absolute atomic E-state index is 0.0464. The molecule has 1 aromatic carbocycles. The molecular formula is C38H52N4O9. The molecule has 3 N–H and O–H groups in total. The van der Waals surface area contributed by atoms with Crippen molar-refractivity contribution in [3.05, 3.63) is 34.1 Å². The van der Waals surface area contributed by atoms with E-state index in [1.165, 1.54) is 7.11 Å². The second-order valence-corrected chi connectivity index (χ2v) is 14.6. The number of unbranched alkanes of at least 4 members (excludes halogenated alkanes) is 2. The first-order chi connectivity index (χ1) is 24.5. The fourth-order valence-electron chi connectivity index (χ4n) is 8.40. The van der Waals surface area contributed by atoms with E-state index < -0.39 is 40.8 Å². The van der Waals surface area contributed by atoms with Crippen molar-refractivity contribution in [2.45, 2.75) is 95.7 Å². The molecular weight excluding hydrogens is 656 g/mol. The van der Waals surface area contributed by atoms with Crippen molar-refractivity contribution >= 4 is 28.9 Å². The highest BCUT2D eigenvalue weighted by Gasteiger charge is 2.65. The van der Waals surface area contributed by atoms with Gasteiger partial charge in [0.15, 0.2) is 17.1 Å². The fourth-order valence-corrected chi connectivity index (χ4v) is 8.40. The molecule has 1 saturated heterocycles. The highest BCUT2D eigenvalue weighted by atomic mass is 16.5. The zero-order valence-corrected chi connectivity index (χ0v) is 30.7. The Balaban J connectivity index is 1.46. The summed E-state index contributed by atoms with van der Waals surface area (Å²) in [5, 5.41) is 31.7. The number of amides is 1. The Morgan fingerprint density at radius 3 is 2.51 bits per heavy atom. The Hall–Kier alpha value is -3.94. The van der Waals surface area contributed by atoms with Gasteiger partial charge in [0, 0.05) is 23.1 Å². The lowest BCUT2D eigenvalue weighted by Gasteiger charge is -2.49. The van der Waals surface area contributed by atoms with Crippen molar-refractivity contribution < 1.29 is 43.3 Å². The SMILES string of the molecule is CCCCOc1noc2c1C(=O)[C@@]1(O)C(=O)C3=C(O)c4c(c(OC)cc(NC(=O)C5CCCCCN5C)c4OCCCC)C[C@H]3C[C@H]1[C@@H]2N(C)C. The zero-order chi connectivity index (χ0) is 36.6. The molecule has 0 radical (unpaired) electrons. The molecule has 1 amide bonds. The molecule has 1 saturated carbocycles. The molecule has 2 fully saturated rings. The van der Waals surface area contributed by atoms with Crippen LogP contribution in [-0.4, -0.2) is 102 Å². The molecule has 13 heteroatoms. The van der Waals surface area contributed by atoms with Crippen LogP contribution in [0.15, 0.2) is 16.2 Å². The standard InChI is InChI=1S/C38H52N4O9/c1-7-9-16-49-32-24(39-36(46)25-14-12-11-13-15-42(25)5)20-26(48-6)22-18-21-19-23-30(41(3)4)33-29(37(40-51-33)50-17-10-8-2)35(45)38(23,47)34(44)27(21)31(43)28(22)32/h20-21,23,25,30,43,47H,7-19H2,1-6H3,(H,39,46)/t21-,23-,25?,30-,38-/m0/s1. The zero-order valence-electron chi connectivity index (χ0n) is 30.7. The van der Waals surface area contributed by atoms with Gasteiger partial charge in [0.1, 0.15) is 17.1 Å². The number of rotatable bonds is 12. The lowest BCUT2D eigenvalue weighted by molar-refractivity contribution is -0.142. The number of carbonyl (C=O) groups excluding carboxylic acids is 3. The maximum absolute atomic E-state index is 14.7. The van der Waals surface area contributed by atoms with Crippen molar-refractivity contribution in [2.75, 3.05) is 53.3 Å². The molecule has 0 spiro atoms. The van der Waals surface area contributed by atoms with E-state index in [1.807, 2.05) is 25.8 Å². The highest BCUT2D eigenvalue weighted by molar-refractivity contribution is 6.26. The van der Waals surface area contributed by atoms with E-state index in [1.54, 1.807) is 20.2 Å². The summed E-state index contributed by atoms with van der Waals surface area (Å²) in [4.78, 5) is 46.7. The van der Waals surface area contributed by atoms with Crippen molar-refractivity contribution in [1.82, 2.24) is 15.0 Å². The molecule has 2 aromatic rings. The van der Waals surface area contributed by atoms with E-state index in [4.69, 9.17) is 18.7 Å². The Kier molecular flexibility index (Phi) is 10.8. The Morgan fingerprint density at radius 2 is 1.82 bits per heavy atom. The van der Waals surface area contributed by atoms with Crippen LogP contribution >= 0.6 is 0 Å². The number of ketones is 2. The Morgan fingerprint density at radius 1 is 1.10 bits per heavy atom. The third-order valence-corrected chi connectivity index (χ3v) is 11.1. The van der Waals surface area contributed by atoms with Gasteiger partial charge in [0.25, 0.3) is 5.88 Å². The lowest BCUT2D eigenvalue weighted by atomic mass is 9.57. The summed E-state index contributed by atoms with van der Waals surface area (Å²) in [5.41, 5.74) is -1.46. The number of Topliss-reactive ketones (excluding diaryl/α,β-unsaturated/α-hetero) is 2. The minimum atomic E-state index is -2.52. The lowest BCUT2D eigenvalue weighted by Crippen LogP contribution is -2.63. The van der Waals surface area contributed by atoms with Gasteiger partial charge in [-0.15, -0.1) is 0 Å². The van der Waals surface area contributed by atoms with Gasteiger partial charge in [-0.1, -0.05) is 39.5 Å². The number of likely N-dealkylation sites (N-methyl/N-ethyl adjacent to an activating group) is 1. The average molecular weight is 709 g/mol. The Bertz CT molecular complexity index is 1700. The van der Waals surface area contributed by atoms with Gasteiger partial charge >= 0.3 is 0 Å². The molecule has 5 atom stereocenters. The number of aliphatic hydroxyl groups excluding tert-OH is 1. The first kappa shape index (κ1) is 36.8. The van der Waals surface area contributed by atoms with E-state index in [9.17, 15) is 24.6 Å². The van der Waals surface area contributed by atoms with Crippen molar-refractivity contribution in [3.8, 4) is 17.4 Å². The van der Waals surface area contributed by atoms with Crippen LogP contribution in [0.1, 0.15) is 105 Å². The number of nitrogens with one attached hydrogen (secondary N) is 1. The number of carbonyl (C=O) groups is 3.